The molecule has 0 saturated carbocycles. The topological polar surface area (TPSA) is 29.9 Å². The van der Waals surface area contributed by atoms with Crippen LogP contribution in [0.3, 0.4) is 0 Å². The summed E-state index contributed by atoms with van der Waals surface area (Å²) in [6.07, 6.45) is 0. The third-order valence-electron chi connectivity index (χ3n) is 3.72. The molecule has 0 aliphatic heterocycles. The largest absolute Gasteiger partial charge is 0.308 e. The number of thiophene rings is 2. The Balaban J connectivity index is 1.61. The molecule has 0 spiro atoms. The fourth-order valence-electron chi connectivity index (χ4n) is 2.43. The van der Waals surface area contributed by atoms with Crippen molar-refractivity contribution in [3.8, 4) is 10.4 Å². The van der Waals surface area contributed by atoms with Gasteiger partial charge in [0.1, 0.15) is 0 Å². The number of aryl methyl sites for hydroxylation is 2. The van der Waals surface area contributed by atoms with Gasteiger partial charge in [0.05, 0.1) is 5.69 Å². The van der Waals surface area contributed by atoms with Crippen LogP contribution in [0.5, 0.6) is 0 Å². The molecule has 0 aromatic carbocycles. The molecule has 0 unspecified atom stereocenters. The number of nitrogens with zero attached hydrogens (tertiary/aromatic N) is 2. The summed E-state index contributed by atoms with van der Waals surface area (Å²) >= 11 is 3.61. The van der Waals surface area contributed by atoms with E-state index in [1.165, 1.54) is 26.6 Å². The monoisotopic (exact) mass is 317 g/mol. The third kappa shape index (κ3) is 3.10. The van der Waals surface area contributed by atoms with E-state index in [0.29, 0.717) is 0 Å². The molecule has 3 aromatic heterocycles. The second-order valence-electron chi connectivity index (χ2n) is 5.16. The van der Waals surface area contributed by atoms with E-state index in [0.717, 1.165) is 18.8 Å². The molecule has 0 radical (unpaired) electrons. The first-order chi connectivity index (χ1) is 10.1. The van der Waals surface area contributed by atoms with Crippen molar-refractivity contribution < 1.29 is 0 Å². The molecule has 21 heavy (non-hydrogen) atoms. The van der Waals surface area contributed by atoms with Crippen molar-refractivity contribution in [3.05, 3.63) is 50.8 Å². The first-order valence-electron chi connectivity index (χ1n) is 6.96. The van der Waals surface area contributed by atoms with Gasteiger partial charge in [-0.2, -0.15) is 5.10 Å². The smallest absolute Gasteiger partial charge is 0.0641 e. The van der Waals surface area contributed by atoms with Gasteiger partial charge >= 0.3 is 0 Å². The highest BCUT2D eigenvalue weighted by Gasteiger charge is 2.09. The predicted molar refractivity (Wildman–Crippen MR) is 90.9 cm³/mol. The second kappa shape index (κ2) is 6.13. The zero-order valence-electron chi connectivity index (χ0n) is 12.5. The molecule has 3 heterocycles. The Bertz CT molecular complexity index is 723. The molecule has 3 rings (SSSR count). The summed E-state index contributed by atoms with van der Waals surface area (Å²) in [5.41, 5.74) is 5.01. The highest BCUT2D eigenvalue weighted by molar-refractivity contribution is 7.14. The highest BCUT2D eigenvalue weighted by Crippen LogP contribution is 2.29. The van der Waals surface area contributed by atoms with E-state index in [2.05, 4.69) is 53.2 Å². The van der Waals surface area contributed by atoms with Crippen LogP contribution in [0.1, 0.15) is 21.8 Å². The molecule has 0 aliphatic rings. The van der Waals surface area contributed by atoms with E-state index in [1.54, 1.807) is 11.3 Å². The van der Waals surface area contributed by atoms with Gasteiger partial charge in [-0.3, -0.25) is 4.68 Å². The van der Waals surface area contributed by atoms with Crippen LogP contribution >= 0.6 is 22.7 Å². The van der Waals surface area contributed by atoms with E-state index >= 15 is 0 Å². The molecule has 5 heteroatoms. The Morgan fingerprint density at radius 2 is 2.10 bits per heavy atom. The van der Waals surface area contributed by atoms with Crippen LogP contribution in [0.15, 0.2) is 29.0 Å². The van der Waals surface area contributed by atoms with Crippen LogP contribution in [0, 0.1) is 13.8 Å². The van der Waals surface area contributed by atoms with Gasteiger partial charge in [0.15, 0.2) is 0 Å². The molecular weight excluding hydrogens is 298 g/mol. The van der Waals surface area contributed by atoms with Crippen molar-refractivity contribution in [3.63, 3.8) is 0 Å². The van der Waals surface area contributed by atoms with E-state index in [9.17, 15) is 0 Å². The molecule has 0 amide bonds. The minimum Gasteiger partial charge on any atom is -0.308 e. The summed E-state index contributed by atoms with van der Waals surface area (Å²) in [7, 11) is 2.00. The van der Waals surface area contributed by atoms with Gasteiger partial charge in [-0.1, -0.05) is 6.07 Å². The summed E-state index contributed by atoms with van der Waals surface area (Å²) in [5.74, 6) is 0. The van der Waals surface area contributed by atoms with Gasteiger partial charge in [0.25, 0.3) is 0 Å². The lowest BCUT2D eigenvalue weighted by Gasteiger charge is -2.04. The highest BCUT2D eigenvalue weighted by atomic mass is 32.1. The molecule has 0 aliphatic carbocycles. The van der Waals surface area contributed by atoms with Gasteiger partial charge < -0.3 is 5.32 Å². The summed E-state index contributed by atoms with van der Waals surface area (Å²) < 4.78 is 1.95. The number of rotatable bonds is 5. The van der Waals surface area contributed by atoms with Crippen LogP contribution in [0.2, 0.25) is 0 Å². The van der Waals surface area contributed by atoms with Crippen molar-refractivity contribution in [2.24, 2.45) is 7.05 Å². The standard InChI is InChI=1S/C16H19N3S2/c1-11-15(12(2)19(3)18-11)9-17-8-14-7-13(10-21-14)16-5-4-6-20-16/h4-7,10,17H,8-9H2,1-3H3. The van der Waals surface area contributed by atoms with E-state index < -0.39 is 0 Å². The van der Waals surface area contributed by atoms with Crippen LogP contribution in [0.4, 0.5) is 0 Å². The molecule has 0 fully saturated rings. The van der Waals surface area contributed by atoms with Gasteiger partial charge in [-0.15, -0.1) is 22.7 Å². The van der Waals surface area contributed by atoms with Crippen LogP contribution in [-0.2, 0) is 20.1 Å². The van der Waals surface area contributed by atoms with Gasteiger partial charge in [0.2, 0.25) is 0 Å². The van der Waals surface area contributed by atoms with Crippen molar-refractivity contribution in [2.75, 3.05) is 0 Å². The molecule has 3 nitrogen and oxygen atoms in total. The lowest BCUT2D eigenvalue weighted by molar-refractivity contribution is 0.690. The van der Waals surface area contributed by atoms with E-state index in [1.807, 2.05) is 23.1 Å². The normalized spacial score (nSPS) is 11.2. The Morgan fingerprint density at radius 3 is 2.76 bits per heavy atom. The maximum atomic E-state index is 4.45. The van der Waals surface area contributed by atoms with Crippen molar-refractivity contribution in [1.82, 2.24) is 15.1 Å². The number of hydrogen-bond donors (Lipinski definition) is 1. The van der Waals surface area contributed by atoms with E-state index in [-0.39, 0.29) is 0 Å². The van der Waals surface area contributed by atoms with Crippen molar-refractivity contribution in [1.29, 1.82) is 0 Å². The minimum absolute atomic E-state index is 0.873. The molecule has 1 N–H and O–H groups in total. The van der Waals surface area contributed by atoms with Crippen LogP contribution in [0.25, 0.3) is 10.4 Å². The van der Waals surface area contributed by atoms with Crippen LogP contribution in [-0.4, -0.2) is 9.78 Å². The van der Waals surface area contributed by atoms with Gasteiger partial charge in [-0.05, 0) is 36.7 Å². The molecular formula is C16H19N3S2. The second-order valence-corrected chi connectivity index (χ2v) is 7.10. The minimum atomic E-state index is 0.873. The lowest BCUT2D eigenvalue weighted by atomic mass is 10.2. The molecule has 0 saturated heterocycles. The Kier molecular flexibility index (Phi) is 4.24. The Morgan fingerprint density at radius 1 is 1.24 bits per heavy atom. The molecule has 110 valence electrons. The fraction of sp³-hybridized carbons (Fsp3) is 0.312. The maximum Gasteiger partial charge on any atom is 0.0641 e. The first-order valence-corrected chi connectivity index (χ1v) is 8.72. The molecule has 0 atom stereocenters. The number of hydrogen-bond acceptors (Lipinski definition) is 4. The van der Waals surface area contributed by atoms with Gasteiger partial charge in [0, 0.05) is 46.7 Å². The summed E-state index contributed by atoms with van der Waals surface area (Å²) in [4.78, 5) is 2.72. The molecule has 0 bridgehead atoms. The van der Waals surface area contributed by atoms with E-state index in [4.69, 9.17) is 0 Å². The Hall–Kier alpha value is -1.43. The third-order valence-corrected chi connectivity index (χ3v) is 5.57. The average Bonchev–Trinajstić information content (AvgIpc) is 3.16. The average molecular weight is 317 g/mol. The Labute approximate surface area is 133 Å². The predicted octanol–water partition coefficient (Wildman–Crippen LogP) is 4.12. The summed E-state index contributed by atoms with van der Waals surface area (Å²) in [6.45, 7) is 5.97. The number of nitrogens with one attached hydrogen (secondary N) is 1. The zero-order valence-corrected chi connectivity index (χ0v) is 14.1. The summed E-state index contributed by atoms with van der Waals surface area (Å²) in [5, 5.41) is 12.4. The lowest BCUT2D eigenvalue weighted by Crippen LogP contribution is -2.13. The van der Waals surface area contributed by atoms with Crippen molar-refractivity contribution in [2.45, 2.75) is 26.9 Å². The molecule has 3 aromatic rings. The first kappa shape index (κ1) is 14.5. The van der Waals surface area contributed by atoms with Gasteiger partial charge in [-0.25, -0.2) is 0 Å². The maximum absolute atomic E-state index is 4.45. The van der Waals surface area contributed by atoms with Crippen LogP contribution < -0.4 is 5.32 Å². The quantitative estimate of drug-likeness (QED) is 0.767. The number of aromatic nitrogens is 2. The SMILES string of the molecule is Cc1nn(C)c(C)c1CNCc1cc(-c2cccs2)cs1. The zero-order chi connectivity index (χ0) is 14.8. The van der Waals surface area contributed by atoms with Crippen molar-refractivity contribution >= 4 is 22.7 Å². The fourth-order valence-corrected chi connectivity index (χ4v) is 4.07. The summed E-state index contributed by atoms with van der Waals surface area (Å²) in [6, 6.07) is 6.56.